The first kappa shape index (κ1) is 12.8. The molecule has 0 atom stereocenters. The van der Waals surface area contributed by atoms with Crippen LogP contribution in [0.15, 0.2) is 42.5 Å². The molecule has 2 aromatic carbocycles. The summed E-state index contributed by atoms with van der Waals surface area (Å²) in [6, 6.07) is 13.9. The van der Waals surface area contributed by atoms with Crippen molar-refractivity contribution in [1.82, 2.24) is 0 Å². The number of hydrogen-bond donors (Lipinski definition) is 1. The third-order valence-corrected chi connectivity index (χ3v) is 3.11. The molecule has 0 fully saturated rings. The third kappa shape index (κ3) is 3.17. The lowest BCUT2D eigenvalue weighted by Gasteiger charge is -2.09. The van der Waals surface area contributed by atoms with Gasteiger partial charge in [0, 0.05) is 23.3 Å². The summed E-state index contributed by atoms with van der Waals surface area (Å²) in [5.74, 6) is 0.843. The van der Waals surface area contributed by atoms with Crippen molar-refractivity contribution >= 4 is 17.3 Å². The molecule has 0 aliphatic carbocycles. The van der Waals surface area contributed by atoms with E-state index < -0.39 is 0 Å². The number of nitrogens with one attached hydrogen (secondary N) is 1. The Morgan fingerprint density at radius 2 is 2.00 bits per heavy atom. The van der Waals surface area contributed by atoms with Gasteiger partial charge in [-0.2, -0.15) is 0 Å². The van der Waals surface area contributed by atoms with Gasteiger partial charge in [0.1, 0.15) is 5.75 Å². The first-order valence-electron chi connectivity index (χ1n) is 5.82. The van der Waals surface area contributed by atoms with Crippen molar-refractivity contribution in [2.24, 2.45) is 0 Å². The number of ether oxygens (including phenoxy) is 1. The molecule has 0 unspecified atom stereocenters. The van der Waals surface area contributed by atoms with Gasteiger partial charge in [0.2, 0.25) is 0 Å². The fraction of sp³-hybridized carbons (Fsp3) is 0.200. The summed E-state index contributed by atoms with van der Waals surface area (Å²) >= 11 is 6.19. The van der Waals surface area contributed by atoms with Crippen LogP contribution >= 0.6 is 11.6 Å². The Morgan fingerprint density at radius 1 is 1.17 bits per heavy atom. The second-order valence-electron chi connectivity index (χ2n) is 4.18. The highest BCUT2D eigenvalue weighted by molar-refractivity contribution is 6.31. The zero-order chi connectivity index (χ0) is 13.0. The molecule has 0 aliphatic rings. The van der Waals surface area contributed by atoms with Crippen LogP contribution in [0, 0.1) is 6.92 Å². The van der Waals surface area contributed by atoms with E-state index in [9.17, 15) is 0 Å². The molecule has 2 nitrogen and oxygen atoms in total. The number of hydrogen-bond acceptors (Lipinski definition) is 2. The molecule has 0 aliphatic heterocycles. The van der Waals surface area contributed by atoms with E-state index in [0.29, 0.717) is 6.54 Å². The van der Waals surface area contributed by atoms with E-state index in [0.717, 1.165) is 22.0 Å². The summed E-state index contributed by atoms with van der Waals surface area (Å²) in [4.78, 5) is 0. The monoisotopic (exact) mass is 261 g/mol. The summed E-state index contributed by atoms with van der Waals surface area (Å²) in [5.41, 5.74) is 3.28. The van der Waals surface area contributed by atoms with Crippen molar-refractivity contribution in [3.8, 4) is 5.75 Å². The first-order chi connectivity index (χ1) is 8.69. The summed E-state index contributed by atoms with van der Waals surface area (Å²) in [6.45, 7) is 2.73. The van der Waals surface area contributed by atoms with Gasteiger partial charge in [-0.3, -0.25) is 0 Å². The minimum atomic E-state index is 0.701. The van der Waals surface area contributed by atoms with Gasteiger partial charge in [0.25, 0.3) is 0 Å². The number of anilines is 1. The van der Waals surface area contributed by atoms with Crippen LogP contribution in [-0.4, -0.2) is 7.11 Å². The average Bonchev–Trinajstić information content (AvgIpc) is 2.38. The van der Waals surface area contributed by atoms with Crippen LogP contribution in [0.1, 0.15) is 11.1 Å². The van der Waals surface area contributed by atoms with Gasteiger partial charge in [0.15, 0.2) is 0 Å². The number of halogens is 1. The average molecular weight is 262 g/mol. The molecule has 0 saturated carbocycles. The molecular weight excluding hydrogens is 246 g/mol. The van der Waals surface area contributed by atoms with Crippen molar-refractivity contribution in [2.75, 3.05) is 12.4 Å². The van der Waals surface area contributed by atoms with Gasteiger partial charge < -0.3 is 10.1 Å². The smallest absolute Gasteiger partial charge is 0.120 e. The molecule has 0 radical (unpaired) electrons. The fourth-order valence-corrected chi connectivity index (χ4v) is 2.03. The maximum Gasteiger partial charge on any atom is 0.120 e. The second kappa shape index (κ2) is 5.78. The molecule has 0 heterocycles. The SMILES string of the molecule is COc1cccc(NCc2ccc(C)cc2Cl)c1. The largest absolute Gasteiger partial charge is 0.497 e. The van der Waals surface area contributed by atoms with Crippen molar-refractivity contribution in [1.29, 1.82) is 0 Å². The quantitative estimate of drug-likeness (QED) is 0.888. The molecular formula is C15H16ClNO. The zero-order valence-corrected chi connectivity index (χ0v) is 11.3. The molecule has 0 amide bonds. The molecule has 0 bridgehead atoms. The lowest BCUT2D eigenvalue weighted by Crippen LogP contribution is -2.00. The number of rotatable bonds is 4. The minimum Gasteiger partial charge on any atom is -0.497 e. The van der Waals surface area contributed by atoms with Crippen LogP contribution in [0.2, 0.25) is 5.02 Å². The Hall–Kier alpha value is -1.67. The Kier molecular flexibility index (Phi) is 4.11. The van der Waals surface area contributed by atoms with E-state index in [1.807, 2.05) is 43.3 Å². The van der Waals surface area contributed by atoms with Crippen LogP contribution in [0.3, 0.4) is 0 Å². The van der Waals surface area contributed by atoms with Gasteiger partial charge in [0.05, 0.1) is 7.11 Å². The molecule has 18 heavy (non-hydrogen) atoms. The summed E-state index contributed by atoms with van der Waals surface area (Å²) in [6.07, 6.45) is 0. The van der Waals surface area contributed by atoms with E-state index >= 15 is 0 Å². The highest BCUT2D eigenvalue weighted by atomic mass is 35.5. The summed E-state index contributed by atoms with van der Waals surface area (Å²) < 4.78 is 5.18. The van der Waals surface area contributed by atoms with Gasteiger partial charge in [-0.25, -0.2) is 0 Å². The molecule has 2 aromatic rings. The molecule has 2 rings (SSSR count). The molecule has 94 valence electrons. The highest BCUT2D eigenvalue weighted by Gasteiger charge is 2.01. The van der Waals surface area contributed by atoms with Gasteiger partial charge in [-0.05, 0) is 36.2 Å². The maximum atomic E-state index is 6.19. The predicted molar refractivity (Wildman–Crippen MR) is 76.5 cm³/mol. The lowest BCUT2D eigenvalue weighted by molar-refractivity contribution is 0.415. The Morgan fingerprint density at radius 3 is 2.72 bits per heavy atom. The molecule has 0 saturated heterocycles. The molecule has 3 heteroatoms. The van der Waals surface area contributed by atoms with Gasteiger partial charge in [-0.1, -0.05) is 29.8 Å². The Balaban J connectivity index is 2.06. The molecule has 1 N–H and O–H groups in total. The van der Waals surface area contributed by atoms with E-state index in [-0.39, 0.29) is 0 Å². The first-order valence-corrected chi connectivity index (χ1v) is 6.20. The molecule has 0 spiro atoms. The predicted octanol–water partition coefficient (Wildman–Crippen LogP) is 4.27. The van der Waals surface area contributed by atoms with E-state index in [1.54, 1.807) is 7.11 Å². The van der Waals surface area contributed by atoms with Gasteiger partial charge in [-0.15, -0.1) is 0 Å². The van der Waals surface area contributed by atoms with E-state index in [2.05, 4.69) is 11.4 Å². The van der Waals surface area contributed by atoms with Crippen LogP contribution in [0.5, 0.6) is 5.75 Å². The number of aryl methyl sites for hydroxylation is 1. The molecule has 0 aromatic heterocycles. The standard InChI is InChI=1S/C15H16ClNO/c1-11-6-7-12(15(16)8-11)10-17-13-4-3-5-14(9-13)18-2/h3-9,17H,10H2,1-2H3. The van der Waals surface area contributed by atoms with Crippen LogP contribution < -0.4 is 10.1 Å². The van der Waals surface area contributed by atoms with Crippen molar-refractivity contribution in [3.63, 3.8) is 0 Å². The van der Waals surface area contributed by atoms with Crippen LogP contribution in [0.4, 0.5) is 5.69 Å². The summed E-state index contributed by atoms with van der Waals surface area (Å²) in [7, 11) is 1.66. The van der Waals surface area contributed by atoms with Crippen LogP contribution in [0.25, 0.3) is 0 Å². The third-order valence-electron chi connectivity index (χ3n) is 2.76. The topological polar surface area (TPSA) is 21.3 Å². The van der Waals surface area contributed by atoms with Crippen LogP contribution in [-0.2, 0) is 6.54 Å². The Labute approximate surface area is 113 Å². The highest BCUT2D eigenvalue weighted by Crippen LogP contribution is 2.21. The van der Waals surface area contributed by atoms with Crippen molar-refractivity contribution in [3.05, 3.63) is 58.6 Å². The van der Waals surface area contributed by atoms with Crippen molar-refractivity contribution < 1.29 is 4.74 Å². The van der Waals surface area contributed by atoms with Crippen molar-refractivity contribution in [2.45, 2.75) is 13.5 Å². The maximum absolute atomic E-state index is 6.19. The number of methoxy groups -OCH3 is 1. The van der Waals surface area contributed by atoms with E-state index in [1.165, 1.54) is 5.56 Å². The minimum absolute atomic E-state index is 0.701. The number of benzene rings is 2. The normalized spacial score (nSPS) is 10.2. The van der Waals surface area contributed by atoms with Gasteiger partial charge >= 0.3 is 0 Å². The zero-order valence-electron chi connectivity index (χ0n) is 10.5. The summed E-state index contributed by atoms with van der Waals surface area (Å²) in [5, 5.41) is 4.13. The second-order valence-corrected chi connectivity index (χ2v) is 4.59. The lowest BCUT2D eigenvalue weighted by atomic mass is 10.1. The Bertz CT molecular complexity index is 540. The van der Waals surface area contributed by atoms with E-state index in [4.69, 9.17) is 16.3 Å². The fourth-order valence-electron chi connectivity index (χ4n) is 1.73.